The number of rotatable bonds is 5. The van der Waals surface area contributed by atoms with Crippen LogP contribution in [-0.4, -0.2) is 23.4 Å². The predicted octanol–water partition coefficient (Wildman–Crippen LogP) is 2.46. The van der Waals surface area contributed by atoms with Gasteiger partial charge in [0.2, 0.25) is 0 Å². The molecule has 0 aliphatic heterocycles. The molecule has 2 heteroatoms. The van der Waals surface area contributed by atoms with Gasteiger partial charge >= 0.3 is 0 Å². The first kappa shape index (κ1) is 13.8. The smallest absolute Gasteiger partial charge is 0.0553 e. The van der Waals surface area contributed by atoms with Crippen LogP contribution in [0.15, 0.2) is 54.6 Å². The zero-order chi connectivity index (χ0) is 13.7. The molecule has 0 aromatic heterocycles. The van der Waals surface area contributed by atoms with Crippen LogP contribution < -0.4 is 0 Å². The number of aryl methyl sites for hydroxylation is 1. The normalized spacial score (nSPS) is 11.5. The van der Waals surface area contributed by atoms with Crippen molar-refractivity contribution in [2.45, 2.75) is 18.8 Å². The second kappa shape index (κ2) is 6.00. The summed E-state index contributed by atoms with van der Waals surface area (Å²) in [7, 11) is 0. The molecule has 0 unspecified atom stereocenters. The van der Waals surface area contributed by atoms with Gasteiger partial charge in [-0.3, -0.25) is 0 Å². The molecule has 2 N–H and O–H groups in total. The van der Waals surface area contributed by atoms with E-state index in [0.29, 0.717) is 6.42 Å². The highest BCUT2D eigenvalue weighted by molar-refractivity contribution is 5.31. The van der Waals surface area contributed by atoms with Gasteiger partial charge in [0.15, 0.2) is 0 Å². The number of aliphatic hydroxyl groups is 2. The van der Waals surface area contributed by atoms with E-state index in [-0.39, 0.29) is 13.2 Å². The van der Waals surface area contributed by atoms with E-state index in [1.165, 1.54) is 5.56 Å². The Morgan fingerprint density at radius 3 is 1.95 bits per heavy atom. The maximum atomic E-state index is 9.79. The summed E-state index contributed by atoms with van der Waals surface area (Å²) < 4.78 is 0. The Labute approximate surface area is 114 Å². The Balaban J connectivity index is 2.32. The molecule has 0 bridgehead atoms. The van der Waals surface area contributed by atoms with E-state index < -0.39 is 5.41 Å². The minimum absolute atomic E-state index is 0.0681. The van der Waals surface area contributed by atoms with Crippen LogP contribution in [0.25, 0.3) is 0 Å². The average molecular weight is 256 g/mol. The summed E-state index contributed by atoms with van der Waals surface area (Å²) in [4.78, 5) is 0. The zero-order valence-electron chi connectivity index (χ0n) is 11.2. The van der Waals surface area contributed by atoms with Gasteiger partial charge in [0.1, 0.15) is 0 Å². The van der Waals surface area contributed by atoms with Gasteiger partial charge in [-0.15, -0.1) is 0 Å². The monoisotopic (exact) mass is 256 g/mol. The Kier molecular flexibility index (Phi) is 4.35. The van der Waals surface area contributed by atoms with E-state index in [0.717, 1.165) is 11.1 Å². The number of hydrogen-bond donors (Lipinski definition) is 2. The van der Waals surface area contributed by atoms with Crippen molar-refractivity contribution in [3.05, 3.63) is 71.3 Å². The van der Waals surface area contributed by atoms with Crippen molar-refractivity contribution in [3.8, 4) is 0 Å². The van der Waals surface area contributed by atoms with Crippen LogP contribution in [0.2, 0.25) is 0 Å². The molecule has 0 aliphatic carbocycles. The molecule has 0 saturated heterocycles. The molecule has 100 valence electrons. The van der Waals surface area contributed by atoms with Crippen LogP contribution in [0, 0.1) is 6.92 Å². The van der Waals surface area contributed by atoms with Gasteiger partial charge in [0.05, 0.1) is 13.2 Å². The first-order valence-corrected chi connectivity index (χ1v) is 6.53. The molecule has 0 aliphatic rings. The second-order valence-electron chi connectivity index (χ2n) is 5.12. The number of hydrogen-bond acceptors (Lipinski definition) is 2. The summed E-state index contributed by atoms with van der Waals surface area (Å²) in [5, 5.41) is 19.6. The van der Waals surface area contributed by atoms with Crippen LogP contribution in [0.3, 0.4) is 0 Å². The first-order valence-electron chi connectivity index (χ1n) is 6.53. The van der Waals surface area contributed by atoms with Gasteiger partial charge in [-0.25, -0.2) is 0 Å². The third kappa shape index (κ3) is 3.03. The summed E-state index contributed by atoms with van der Waals surface area (Å²) in [5.74, 6) is 0. The fourth-order valence-electron chi connectivity index (χ4n) is 2.33. The molecule has 0 spiro atoms. The average Bonchev–Trinajstić information content (AvgIpc) is 2.48. The van der Waals surface area contributed by atoms with E-state index in [2.05, 4.69) is 24.3 Å². The Hall–Kier alpha value is -1.64. The highest BCUT2D eigenvalue weighted by atomic mass is 16.3. The molecule has 0 radical (unpaired) electrons. The van der Waals surface area contributed by atoms with E-state index >= 15 is 0 Å². The van der Waals surface area contributed by atoms with Crippen LogP contribution in [0.1, 0.15) is 16.7 Å². The van der Waals surface area contributed by atoms with Gasteiger partial charge in [-0.2, -0.15) is 0 Å². The number of benzene rings is 2. The van der Waals surface area contributed by atoms with E-state index in [1.807, 2.05) is 37.3 Å². The van der Waals surface area contributed by atoms with Crippen molar-refractivity contribution in [2.24, 2.45) is 0 Å². The lowest BCUT2D eigenvalue weighted by molar-refractivity contribution is 0.116. The Bertz CT molecular complexity index is 499. The quantitative estimate of drug-likeness (QED) is 0.862. The lowest BCUT2D eigenvalue weighted by Gasteiger charge is -2.30. The largest absolute Gasteiger partial charge is 0.395 e. The summed E-state index contributed by atoms with van der Waals surface area (Å²) in [6.07, 6.45) is 0.629. The van der Waals surface area contributed by atoms with Crippen LogP contribution >= 0.6 is 0 Å². The molecule has 0 saturated carbocycles. The molecule has 19 heavy (non-hydrogen) atoms. The molecule has 2 aromatic rings. The number of aliphatic hydroxyl groups excluding tert-OH is 2. The van der Waals surface area contributed by atoms with Gasteiger partial charge in [0.25, 0.3) is 0 Å². The van der Waals surface area contributed by atoms with Gasteiger partial charge < -0.3 is 10.2 Å². The van der Waals surface area contributed by atoms with Gasteiger partial charge in [0, 0.05) is 5.41 Å². The third-order valence-corrected chi connectivity index (χ3v) is 3.65. The lowest BCUT2D eigenvalue weighted by atomic mass is 9.77. The highest BCUT2D eigenvalue weighted by Gasteiger charge is 2.31. The molecule has 2 nitrogen and oxygen atoms in total. The van der Waals surface area contributed by atoms with Crippen LogP contribution in [-0.2, 0) is 11.8 Å². The highest BCUT2D eigenvalue weighted by Crippen LogP contribution is 2.28. The third-order valence-electron chi connectivity index (χ3n) is 3.65. The topological polar surface area (TPSA) is 40.5 Å². The molecule has 2 aromatic carbocycles. The maximum absolute atomic E-state index is 9.79. The standard InChI is InChI=1S/C17H20O2/c1-14-7-9-15(10-8-14)11-17(12-18,13-19)16-5-3-2-4-6-16/h2-10,18-19H,11-13H2,1H3. The summed E-state index contributed by atoms with van der Waals surface area (Å²) >= 11 is 0. The van der Waals surface area contributed by atoms with Crippen molar-refractivity contribution in [1.29, 1.82) is 0 Å². The van der Waals surface area contributed by atoms with Crippen molar-refractivity contribution in [3.63, 3.8) is 0 Å². The minimum Gasteiger partial charge on any atom is -0.395 e. The van der Waals surface area contributed by atoms with Crippen molar-refractivity contribution < 1.29 is 10.2 Å². The molecular formula is C17H20O2. The fourth-order valence-corrected chi connectivity index (χ4v) is 2.33. The zero-order valence-corrected chi connectivity index (χ0v) is 11.2. The minimum atomic E-state index is -0.615. The molecule has 0 fully saturated rings. The predicted molar refractivity (Wildman–Crippen MR) is 77.2 cm³/mol. The maximum Gasteiger partial charge on any atom is 0.0553 e. The SMILES string of the molecule is Cc1ccc(CC(CO)(CO)c2ccccc2)cc1. The lowest BCUT2D eigenvalue weighted by Crippen LogP contribution is -2.37. The van der Waals surface area contributed by atoms with E-state index in [1.54, 1.807) is 0 Å². The van der Waals surface area contributed by atoms with Crippen molar-refractivity contribution in [2.75, 3.05) is 13.2 Å². The van der Waals surface area contributed by atoms with Crippen LogP contribution in [0.4, 0.5) is 0 Å². The molecule has 0 heterocycles. The molecule has 0 amide bonds. The van der Waals surface area contributed by atoms with Gasteiger partial charge in [-0.1, -0.05) is 60.2 Å². The Morgan fingerprint density at radius 2 is 1.42 bits per heavy atom. The van der Waals surface area contributed by atoms with Gasteiger partial charge in [-0.05, 0) is 24.5 Å². The second-order valence-corrected chi connectivity index (χ2v) is 5.12. The molecular weight excluding hydrogens is 236 g/mol. The molecule has 2 rings (SSSR count). The van der Waals surface area contributed by atoms with Crippen LogP contribution in [0.5, 0.6) is 0 Å². The summed E-state index contributed by atoms with van der Waals surface area (Å²) in [6.45, 7) is 1.91. The summed E-state index contributed by atoms with van der Waals surface area (Å²) in [6, 6.07) is 17.9. The van der Waals surface area contributed by atoms with Crippen molar-refractivity contribution >= 4 is 0 Å². The molecule has 0 atom stereocenters. The van der Waals surface area contributed by atoms with E-state index in [9.17, 15) is 10.2 Å². The Morgan fingerprint density at radius 1 is 0.842 bits per heavy atom. The fraction of sp³-hybridized carbons (Fsp3) is 0.294. The first-order chi connectivity index (χ1) is 9.20. The summed E-state index contributed by atoms with van der Waals surface area (Å²) in [5.41, 5.74) is 2.69. The van der Waals surface area contributed by atoms with Crippen molar-refractivity contribution in [1.82, 2.24) is 0 Å². The van der Waals surface area contributed by atoms with E-state index in [4.69, 9.17) is 0 Å².